The lowest BCUT2D eigenvalue weighted by atomic mass is 10.1. The molecule has 1 atom stereocenters. The Morgan fingerprint density at radius 1 is 1.29 bits per heavy atom. The zero-order valence-corrected chi connectivity index (χ0v) is 13.3. The summed E-state index contributed by atoms with van der Waals surface area (Å²) in [5, 5.41) is 12.8. The van der Waals surface area contributed by atoms with Crippen molar-refractivity contribution in [1.82, 2.24) is 34.3 Å². The van der Waals surface area contributed by atoms with Crippen LogP contribution in [-0.4, -0.2) is 46.7 Å². The molecule has 4 heterocycles. The molecule has 0 bridgehead atoms. The van der Waals surface area contributed by atoms with Gasteiger partial charge in [0.15, 0.2) is 11.5 Å². The molecule has 1 fully saturated rings. The average molecular weight is 323 g/mol. The van der Waals surface area contributed by atoms with E-state index in [2.05, 4.69) is 31.8 Å². The van der Waals surface area contributed by atoms with Gasteiger partial charge in [-0.3, -0.25) is 4.79 Å². The molecular formula is C16H17N7O. The first-order valence-corrected chi connectivity index (χ1v) is 8.23. The van der Waals surface area contributed by atoms with Gasteiger partial charge in [0.2, 0.25) is 0 Å². The van der Waals surface area contributed by atoms with Crippen LogP contribution in [0.5, 0.6) is 0 Å². The zero-order valence-electron chi connectivity index (χ0n) is 13.3. The van der Waals surface area contributed by atoms with Gasteiger partial charge in [0.05, 0.1) is 12.6 Å². The molecule has 8 nitrogen and oxygen atoms in total. The van der Waals surface area contributed by atoms with Crippen LogP contribution in [0.25, 0.3) is 5.65 Å². The van der Waals surface area contributed by atoms with E-state index < -0.39 is 0 Å². The fourth-order valence-electron chi connectivity index (χ4n) is 3.47. The first-order valence-electron chi connectivity index (χ1n) is 8.23. The van der Waals surface area contributed by atoms with E-state index in [0.717, 1.165) is 11.6 Å². The second kappa shape index (κ2) is 4.86. The van der Waals surface area contributed by atoms with Crippen molar-refractivity contribution in [3.8, 4) is 0 Å². The van der Waals surface area contributed by atoms with Crippen molar-refractivity contribution in [1.29, 1.82) is 0 Å². The summed E-state index contributed by atoms with van der Waals surface area (Å²) in [6, 6.07) is 3.75. The van der Waals surface area contributed by atoms with Gasteiger partial charge >= 0.3 is 0 Å². The van der Waals surface area contributed by atoms with E-state index in [-0.39, 0.29) is 11.9 Å². The Morgan fingerprint density at radius 2 is 2.17 bits per heavy atom. The van der Waals surface area contributed by atoms with Crippen LogP contribution in [0.4, 0.5) is 0 Å². The second-order valence-electron chi connectivity index (χ2n) is 6.63. The van der Waals surface area contributed by atoms with Crippen molar-refractivity contribution in [2.45, 2.75) is 38.3 Å². The lowest BCUT2D eigenvalue weighted by molar-refractivity contribution is 0.0679. The monoisotopic (exact) mass is 323 g/mol. The molecule has 1 aliphatic carbocycles. The highest BCUT2D eigenvalue weighted by molar-refractivity contribution is 5.95. The minimum Gasteiger partial charge on any atom is -0.329 e. The van der Waals surface area contributed by atoms with Crippen molar-refractivity contribution >= 4 is 11.6 Å². The number of rotatable bonds is 2. The lowest BCUT2D eigenvalue weighted by Crippen LogP contribution is -2.40. The highest BCUT2D eigenvalue weighted by Crippen LogP contribution is 2.41. The summed E-state index contributed by atoms with van der Waals surface area (Å²) in [7, 11) is 0. The molecule has 0 unspecified atom stereocenters. The normalized spacial score (nSPS) is 20.4. The summed E-state index contributed by atoms with van der Waals surface area (Å²) in [4.78, 5) is 18.9. The number of amides is 1. The standard InChI is InChI=1S/C16H17N7O/c1-10-7-21(8-14-19-20-15(23(10)14)11-2-3-11)16(24)12-4-5-22-13(6-12)17-9-18-22/h4-6,9-11H,2-3,7-8H2,1H3/t10-/m0/s1. The molecule has 122 valence electrons. The topological polar surface area (TPSA) is 81.2 Å². The maximum Gasteiger partial charge on any atom is 0.254 e. The predicted octanol–water partition coefficient (Wildman–Crippen LogP) is 1.42. The summed E-state index contributed by atoms with van der Waals surface area (Å²) in [6.45, 7) is 3.29. The molecule has 5 rings (SSSR count). The fraction of sp³-hybridized carbons (Fsp3) is 0.438. The Balaban J connectivity index is 1.45. The van der Waals surface area contributed by atoms with Crippen molar-refractivity contribution < 1.29 is 4.79 Å². The van der Waals surface area contributed by atoms with Gasteiger partial charge < -0.3 is 9.47 Å². The number of hydrogen-bond acceptors (Lipinski definition) is 5. The number of fused-ring (bicyclic) bond motifs is 2. The number of nitrogens with zero attached hydrogens (tertiary/aromatic N) is 7. The molecule has 3 aromatic heterocycles. The van der Waals surface area contributed by atoms with Gasteiger partial charge in [-0.1, -0.05) is 0 Å². The second-order valence-corrected chi connectivity index (χ2v) is 6.63. The van der Waals surface area contributed by atoms with Gasteiger partial charge in [0.1, 0.15) is 12.2 Å². The SMILES string of the molecule is C[C@H]1CN(C(=O)c2ccn3ncnc3c2)Cc2nnc(C3CC3)n21. The number of aromatic nitrogens is 6. The Kier molecular flexibility index (Phi) is 2.76. The molecule has 0 radical (unpaired) electrons. The number of pyridine rings is 1. The molecule has 3 aromatic rings. The maximum atomic E-state index is 12.9. The van der Waals surface area contributed by atoms with Gasteiger partial charge in [0.25, 0.3) is 5.91 Å². The van der Waals surface area contributed by atoms with Gasteiger partial charge in [-0.2, -0.15) is 5.10 Å². The highest BCUT2D eigenvalue weighted by atomic mass is 16.2. The summed E-state index contributed by atoms with van der Waals surface area (Å²) in [5.41, 5.74) is 1.29. The summed E-state index contributed by atoms with van der Waals surface area (Å²) >= 11 is 0. The zero-order chi connectivity index (χ0) is 16.3. The van der Waals surface area contributed by atoms with Gasteiger partial charge in [0, 0.05) is 24.2 Å². The molecule has 2 aliphatic rings. The van der Waals surface area contributed by atoms with E-state index in [9.17, 15) is 4.79 Å². The van der Waals surface area contributed by atoms with Gasteiger partial charge in [-0.05, 0) is 31.9 Å². The predicted molar refractivity (Wildman–Crippen MR) is 84.4 cm³/mol. The van der Waals surface area contributed by atoms with Crippen LogP contribution in [-0.2, 0) is 6.54 Å². The van der Waals surface area contributed by atoms with E-state index >= 15 is 0 Å². The molecule has 1 aliphatic heterocycles. The third-order valence-corrected chi connectivity index (χ3v) is 4.81. The number of carbonyl (C=O) groups is 1. The molecule has 0 spiro atoms. The fourth-order valence-corrected chi connectivity index (χ4v) is 3.47. The lowest BCUT2D eigenvalue weighted by Gasteiger charge is -2.32. The minimum absolute atomic E-state index is 0.00503. The molecule has 1 amide bonds. The molecule has 8 heteroatoms. The van der Waals surface area contributed by atoms with E-state index in [1.54, 1.807) is 22.8 Å². The molecule has 24 heavy (non-hydrogen) atoms. The van der Waals surface area contributed by atoms with Crippen LogP contribution >= 0.6 is 0 Å². The quantitative estimate of drug-likeness (QED) is 0.712. The summed E-state index contributed by atoms with van der Waals surface area (Å²) in [6.07, 6.45) is 5.64. The van der Waals surface area contributed by atoms with Crippen molar-refractivity contribution in [2.75, 3.05) is 6.54 Å². The minimum atomic E-state index is -0.00503. The third-order valence-electron chi connectivity index (χ3n) is 4.81. The Bertz CT molecular complexity index is 939. The van der Waals surface area contributed by atoms with E-state index in [1.165, 1.54) is 19.2 Å². The highest BCUT2D eigenvalue weighted by Gasteiger charge is 2.35. The van der Waals surface area contributed by atoms with Crippen LogP contribution in [0, 0.1) is 0 Å². The summed E-state index contributed by atoms with van der Waals surface area (Å²) < 4.78 is 3.87. The van der Waals surface area contributed by atoms with Crippen LogP contribution in [0.15, 0.2) is 24.7 Å². The Hall–Kier alpha value is -2.77. The third kappa shape index (κ3) is 2.02. The molecule has 0 saturated heterocycles. The largest absolute Gasteiger partial charge is 0.329 e. The van der Waals surface area contributed by atoms with Crippen molar-refractivity contribution in [2.24, 2.45) is 0 Å². The smallest absolute Gasteiger partial charge is 0.254 e. The van der Waals surface area contributed by atoms with Crippen LogP contribution < -0.4 is 0 Å². The Labute approximate surface area is 138 Å². The van der Waals surface area contributed by atoms with E-state index in [1.807, 2.05) is 4.90 Å². The Morgan fingerprint density at radius 3 is 3.00 bits per heavy atom. The summed E-state index contributed by atoms with van der Waals surface area (Å²) in [5.74, 6) is 2.53. The van der Waals surface area contributed by atoms with Crippen LogP contribution in [0.3, 0.4) is 0 Å². The van der Waals surface area contributed by atoms with Gasteiger partial charge in [-0.15, -0.1) is 10.2 Å². The van der Waals surface area contributed by atoms with E-state index in [0.29, 0.717) is 30.2 Å². The molecule has 0 N–H and O–H groups in total. The van der Waals surface area contributed by atoms with E-state index in [4.69, 9.17) is 0 Å². The van der Waals surface area contributed by atoms with Crippen LogP contribution in [0.2, 0.25) is 0 Å². The van der Waals surface area contributed by atoms with Crippen molar-refractivity contribution in [3.63, 3.8) is 0 Å². The molecule has 1 saturated carbocycles. The maximum absolute atomic E-state index is 12.9. The first-order chi connectivity index (χ1) is 11.7. The van der Waals surface area contributed by atoms with Crippen molar-refractivity contribution in [3.05, 3.63) is 41.9 Å². The number of hydrogen-bond donors (Lipinski definition) is 0. The first kappa shape index (κ1) is 13.6. The molecular weight excluding hydrogens is 306 g/mol. The van der Waals surface area contributed by atoms with Crippen LogP contribution in [0.1, 0.15) is 53.7 Å². The number of carbonyl (C=O) groups excluding carboxylic acids is 1. The average Bonchev–Trinajstić information content (AvgIpc) is 3.17. The molecule has 0 aromatic carbocycles. The van der Waals surface area contributed by atoms with Gasteiger partial charge in [-0.25, -0.2) is 9.50 Å².